The lowest BCUT2D eigenvalue weighted by molar-refractivity contribution is -0.140. The van der Waals surface area contributed by atoms with Gasteiger partial charge >= 0.3 is 5.97 Å². The number of hydrogen-bond acceptors (Lipinski definition) is 4. The van der Waals surface area contributed by atoms with Crippen LogP contribution in [0.15, 0.2) is 63.5 Å². The number of ether oxygens (including phenoxy) is 1. The van der Waals surface area contributed by atoms with E-state index in [1.54, 1.807) is 12.2 Å². The highest BCUT2D eigenvalue weighted by Gasteiger charge is 2.32. The smallest absolute Gasteiger partial charge is 0.302 e. The fraction of sp³-hybridized carbons (Fsp3) is 0.211. The third-order valence-corrected chi connectivity index (χ3v) is 5.06. The summed E-state index contributed by atoms with van der Waals surface area (Å²) in [5, 5.41) is 0.621. The number of rotatable bonds is 5. The van der Waals surface area contributed by atoms with Crippen LogP contribution >= 0.6 is 23.4 Å². The van der Waals surface area contributed by atoms with Gasteiger partial charge in [-0.2, -0.15) is 0 Å². The van der Waals surface area contributed by atoms with E-state index in [1.807, 2.05) is 36.4 Å². The van der Waals surface area contributed by atoms with Gasteiger partial charge in [-0.3, -0.25) is 9.59 Å². The molecule has 3 rings (SSSR count). The van der Waals surface area contributed by atoms with Gasteiger partial charge in [0.05, 0.1) is 10.6 Å². The van der Waals surface area contributed by atoms with Crippen molar-refractivity contribution in [3.05, 3.63) is 64.1 Å². The molecule has 1 amide bonds. The van der Waals surface area contributed by atoms with Gasteiger partial charge < -0.3 is 4.74 Å². The number of amides is 1. The molecule has 0 N–H and O–H groups in total. The lowest BCUT2D eigenvalue weighted by atomic mass is 9.84. The van der Waals surface area contributed by atoms with Crippen LogP contribution in [0.25, 0.3) is 5.57 Å². The second-order valence-electron chi connectivity index (χ2n) is 5.50. The van der Waals surface area contributed by atoms with E-state index in [4.69, 9.17) is 16.3 Å². The Morgan fingerprint density at radius 1 is 1.28 bits per heavy atom. The van der Waals surface area contributed by atoms with Crippen LogP contribution in [-0.4, -0.2) is 29.9 Å². The zero-order valence-corrected chi connectivity index (χ0v) is 15.1. The van der Waals surface area contributed by atoms with E-state index >= 15 is 0 Å². The van der Waals surface area contributed by atoms with Crippen molar-refractivity contribution in [3.63, 3.8) is 0 Å². The SMILES string of the molecule is CC(=O)OCCSC1=C(c2ccccc2)C2C=C(Cl)C=CC2=NC1=O. The standard InChI is InChI=1S/C19H16ClNO3S/c1-12(22)24-9-10-25-18-17(13-5-3-2-4-6-13)15-11-14(20)7-8-16(15)21-19(18)23/h2-8,11,15H,9-10H2,1H3. The highest BCUT2D eigenvalue weighted by Crippen LogP contribution is 2.40. The Labute approximate surface area is 155 Å². The zero-order chi connectivity index (χ0) is 17.8. The molecule has 1 aliphatic heterocycles. The predicted octanol–water partition coefficient (Wildman–Crippen LogP) is 3.98. The number of dihydropyridines is 1. The molecule has 0 radical (unpaired) electrons. The molecular weight excluding hydrogens is 358 g/mol. The minimum atomic E-state index is -0.333. The molecule has 0 saturated carbocycles. The summed E-state index contributed by atoms with van der Waals surface area (Å²) in [5.74, 6) is -0.273. The number of halogens is 1. The van der Waals surface area contributed by atoms with Crippen LogP contribution in [0.4, 0.5) is 0 Å². The van der Waals surface area contributed by atoms with Crippen molar-refractivity contribution in [2.75, 3.05) is 12.4 Å². The molecule has 1 aromatic rings. The van der Waals surface area contributed by atoms with Crippen LogP contribution < -0.4 is 0 Å². The Bertz CT molecular complexity index is 824. The van der Waals surface area contributed by atoms with Gasteiger partial charge in [-0.1, -0.05) is 48.0 Å². The third-order valence-electron chi connectivity index (χ3n) is 3.76. The van der Waals surface area contributed by atoms with E-state index in [9.17, 15) is 9.59 Å². The number of hydrogen-bond donors (Lipinski definition) is 0. The largest absolute Gasteiger partial charge is 0.465 e. The first-order valence-corrected chi connectivity index (χ1v) is 9.16. The second kappa shape index (κ2) is 7.85. The van der Waals surface area contributed by atoms with Gasteiger partial charge in [0.25, 0.3) is 5.91 Å². The molecule has 1 atom stereocenters. The van der Waals surface area contributed by atoms with Gasteiger partial charge in [-0.15, -0.1) is 11.8 Å². The molecule has 1 unspecified atom stereocenters. The fourth-order valence-electron chi connectivity index (χ4n) is 2.73. The van der Waals surface area contributed by atoms with E-state index in [0.29, 0.717) is 21.4 Å². The Morgan fingerprint density at radius 3 is 2.76 bits per heavy atom. The van der Waals surface area contributed by atoms with Gasteiger partial charge in [-0.25, -0.2) is 4.99 Å². The first-order chi connectivity index (χ1) is 12.1. The Hall–Kier alpha value is -2.11. The summed E-state index contributed by atoms with van der Waals surface area (Å²) in [7, 11) is 0. The van der Waals surface area contributed by atoms with E-state index < -0.39 is 0 Å². The first kappa shape index (κ1) is 17.7. The number of benzene rings is 1. The number of carbonyl (C=O) groups is 2. The van der Waals surface area contributed by atoms with E-state index in [1.165, 1.54) is 18.7 Å². The lowest BCUT2D eigenvalue weighted by Crippen LogP contribution is -2.24. The molecule has 4 nitrogen and oxygen atoms in total. The van der Waals surface area contributed by atoms with E-state index in [0.717, 1.165) is 11.1 Å². The number of carbonyl (C=O) groups excluding carboxylic acids is 2. The molecule has 0 spiro atoms. The topological polar surface area (TPSA) is 55.7 Å². The summed E-state index contributed by atoms with van der Waals surface area (Å²) in [5.41, 5.74) is 2.54. The van der Waals surface area contributed by atoms with Gasteiger partial charge in [0.15, 0.2) is 0 Å². The highest BCUT2D eigenvalue weighted by molar-refractivity contribution is 8.04. The monoisotopic (exact) mass is 373 g/mol. The number of nitrogens with zero attached hydrogens (tertiary/aromatic N) is 1. The van der Waals surface area contributed by atoms with Crippen LogP contribution in [0.1, 0.15) is 12.5 Å². The van der Waals surface area contributed by atoms with Gasteiger partial charge in [-0.05, 0) is 23.3 Å². The van der Waals surface area contributed by atoms with Crippen molar-refractivity contribution in [1.82, 2.24) is 0 Å². The summed E-state index contributed by atoms with van der Waals surface area (Å²) < 4.78 is 4.96. The molecule has 1 aliphatic carbocycles. The molecular formula is C19H16ClNO3S. The van der Waals surface area contributed by atoms with E-state index in [-0.39, 0.29) is 24.4 Å². The molecule has 0 aromatic heterocycles. The van der Waals surface area contributed by atoms with Gasteiger partial charge in [0, 0.05) is 23.6 Å². The number of esters is 1. The van der Waals surface area contributed by atoms with Crippen LogP contribution in [0.2, 0.25) is 0 Å². The maximum Gasteiger partial charge on any atom is 0.302 e. The Kier molecular flexibility index (Phi) is 5.56. The van der Waals surface area contributed by atoms with E-state index in [2.05, 4.69) is 4.99 Å². The summed E-state index contributed by atoms with van der Waals surface area (Å²) in [6.07, 6.45) is 5.43. The zero-order valence-electron chi connectivity index (χ0n) is 13.6. The van der Waals surface area contributed by atoms with Crippen LogP contribution in [0.5, 0.6) is 0 Å². The average molecular weight is 374 g/mol. The predicted molar refractivity (Wildman–Crippen MR) is 101 cm³/mol. The summed E-state index contributed by atoms with van der Waals surface area (Å²) in [6, 6.07) is 9.74. The maximum absolute atomic E-state index is 12.6. The number of aliphatic imine (C=N–C) groups is 1. The summed E-state index contributed by atoms with van der Waals surface area (Å²) in [6.45, 7) is 1.61. The average Bonchev–Trinajstić information content (AvgIpc) is 2.59. The minimum Gasteiger partial charge on any atom is -0.465 e. The van der Waals surface area contributed by atoms with Gasteiger partial charge in [0.1, 0.15) is 6.61 Å². The molecule has 6 heteroatoms. The highest BCUT2D eigenvalue weighted by atomic mass is 35.5. The molecule has 2 aliphatic rings. The van der Waals surface area contributed by atoms with Crippen LogP contribution in [0.3, 0.4) is 0 Å². The molecule has 1 heterocycles. The quantitative estimate of drug-likeness (QED) is 0.578. The van der Waals surface area contributed by atoms with Crippen molar-refractivity contribution in [1.29, 1.82) is 0 Å². The third kappa shape index (κ3) is 4.11. The van der Waals surface area contributed by atoms with Gasteiger partial charge in [0.2, 0.25) is 0 Å². The maximum atomic E-state index is 12.6. The molecule has 0 fully saturated rings. The van der Waals surface area contributed by atoms with Crippen molar-refractivity contribution in [3.8, 4) is 0 Å². The van der Waals surface area contributed by atoms with Crippen molar-refractivity contribution >= 4 is 46.5 Å². The summed E-state index contributed by atoms with van der Waals surface area (Å²) >= 11 is 7.54. The first-order valence-electron chi connectivity index (χ1n) is 7.80. The summed E-state index contributed by atoms with van der Waals surface area (Å²) in [4.78, 5) is 28.3. The number of allylic oxidation sites excluding steroid dienone is 5. The van der Waals surface area contributed by atoms with Crippen molar-refractivity contribution < 1.29 is 14.3 Å². The van der Waals surface area contributed by atoms with Crippen LogP contribution in [0, 0.1) is 5.92 Å². The molecule has 1 aromatic carbocycles. The second-order valence-corrected chi connectivity index (χ2v) is 7.04. The van der Waals surface area contributed by atoms with Crippen LogP contribution in [-0.2, 0) is 14.3 Å². The fourth-order valence-corrected chi connectivity index (χ4v) is 3.86. The Morgan fingerprint density at radius 2 is 2.04 bits per heavy atom. The Balaban J connectivity index is 1.97. The number of fused-ring (bicyclic) bond motifs is 1. The lowest BCUT2D eigenvalue weighted by Gasteiger charge is -2.26. The number of thioether (sulfide) groups is 1. The molecule has 25 heavy (non-hydrogen) atoms. The van der Waals surface area contributed by atoms with Crippen molar-refractivity contribution in [2.45, 2.75) is 6.92 Å². The minimum absolute atomic E-state index is 0.158. The molecule has 128 valence electrons. The normalized spacial score (nSPS) is 19.3. The molecule has 0 saturated heterocycles. The molecule has 0 bridgehead atoms. The van der Waals surface area contributed by atoms with Crippen molar-refractivity contribution in [2.24, 2.45) is 10.9 Å².